The molecule has 1 saturated heterocycles. The minimum atomic E-state index is -0.466. The molecule has 0 N–H and O–H groups in total. The zero-order valence-electron chi connectivity index (χ0n) is 14.8. The molecule has 1 amide bonds. The lowest BCUT2D eigenvalue weighted by Crippen LogP contribution is -2.39. The molecule has 0 aromatic carbocycles. The molecule has 0 aliphatic carbocycles. The van der Waals surface area contributed by atoms with E-state index in [9.17, 15) is 4.79 Å². The van der Waals surface area contributed by atoms with E-state index in [4.69, 9.17) is 4.74 Å². The average Bonchev–Trinajstić information content (AvgIpc) is 2.73. The molecule has 7 heteroatoms. The van der Waals surface area contributed by atoms with Crippen LogP contribution in [-0.4, -0.2) is 57.3 Å². The normalized spacial score (nSPS) is 16.3. The van der Waals surface area contributed by atoms with E-state index in [-0.39, 0.29) is 6.09 Å². The van der Waals surface area contributed by atoms with Crippen LogP contribution in [0.5, 0.6) is 0 Å². The smallest absolute Gasteiger partial charge is 0.410 e. The van der Waals surface area contributed by atoms with Crippen molar-refractivity contribution in [3.05, 3.63) is 18.6 Å². The quantitative estimate of drug-likeness (QED) is 0.803. The summed E-state index contributed by atoms with van der Waals surface area (Å²) in [6.07, 6.45) is 4.25. The predicted octanol–water partition coefficient (Wildman–Crippen LogP) is 2.42. The van der Waals surface area contributed by atoms with Crippen molar-refractivity contribution in [2.45, 2.75) is 32.8 Å². The van der Waals surface area contributed by atoms with Gasteiger partial charge in [0.1, 0.15) is 23.4 Å². The first-order valence-electron chi connectivity index (χ1n) is 8.34. The predicted molar refractivity (Wildman–Crippen MR) is 93.1 cm³/mol. The fraction of sp³-hybridized carbons (Fsp3) is 0.588. The van der Waals surface area contributed by atoms with Gasteiger partial charge < -0.3 is 19.1 Å². The molecule has 0 bridgehead atoms. The summed E-state index contributed by atoms with van der Waals surface area (Å²) >= 11 is 0. The van der Waals surface area contributed by atoms with Crippen molar-refractivity contribution in [2.24, 2.45) is 7.05 Å². The van der Waals surface area contributed by atoms with E-state index in [1.807, 2.05) is 44.6 Å². The first-order chi connectivity index (χ1) is 11.3. The van der Waals surface area contributed by atoms with Crippen molar-refractivity contribution in [3.8, 4) is 0 Å². The van der Waals surface area contributed by atoms with Gasteiger partial charge in [-0.15, -0.1) is 0 Å². The molecular formula is C17H25N5O2. The van der Waals surface area contributed by atoms with Crippen LogP contribution in [0.4, 0.5) is 10.6 Å². The van der Waals surface area contributed by atoms with Crippen LogP contribution in [0.2, 0.25) is 0 Å². The van der Waals surface area contributed by atoms with Gasteiger partial charge in [0, 0.05) is 39.4 Å². The highest BCUT2D eigenvalue weighted by atomic mass is 16.6. The van der Waals surface area contributed by atoms with Crippen molar-refractivity contribution >= 4 is 22.9 Å². The molecule has 24 heavy (non-hydrogen) atoms. The molecule has 1 fully saturated rings. The van der Waals surface area contributed by atoms with Gasteiger partial charge in [-0.05, 0) is 33.3 Å². The largest absolute Gasteiger partial charge is 0.444 e. The Morgan fingerprint density at radius 2 is 1.96 bits per heavy atom. The standard InChI is InChI=1S/C17H25N5O2/c1-17(2,3)24-16(23)22-8-5-7-21(10-11-22)15-13-6-9-20(4)14(13)18-12-19-15/h6,9,12H,5,7-8,10-11H2,1-4H3. The molecule has 0 unspecified atom stereocenters. The van der Waals surface area contributed by atoms with Crippen LogP contribution in [0.25, 0.3) is 11.0 Å². The number of fused-ring (bicyclic) bond motifs is 1. The molecule has 0 atom stereocenters. The van der Waals surface area contributed by atoms with Crippen molar-refractivity contribution in [2.75, 3.05) is 31.1 Å². The van der Waals surface area contributed by atoms with Gasteiger partial charge in [-0.1, -0.05) is 0 Å². The van der Waals surface area contributed by atoms with E-state index < -0.39 is 5.60 Å². The summed E-state index contributed by atoms with van der Waals surface area (Å²) in [4.78, 5) is 25.1. The number of amides is 1. The maximum Gasteiger partial charge on any atom is 0.410 e. The summed E-state index contributed by atoms with van der Waals surface area (Å²) in [5.74, 6) is 0.937. The number of rotatable bonds is 1. The Morgan fingerprint density at radius 3 is 2.71 bits per heavy atom. The first-order valence-corrected chi connectivity index (χ1v) is 8.34. The molecule has 3 heterocycles. The number of aromatic nitrogens is 3. The minimum Gasteiger partial charge on any atom is -0.444 e. The summed E-state index contributed by atoms with van der Waals surface area (Å²) in [6.45, 7) is 8.61. The molecule has 1 aliphatic heterocycles. The fourth-order valence-corrected chi connectivity index (χ4v) is 2.95. The monoisotopic (exact) mass is 331 g/mol. The maximum absolute atomic E-state index is 12.3. The third-order valence-corrected chi connectivity index (χ3v) is 4.09. The number of ether oxygens (including phenoxy) is 1. The second-order valence-electron chi connectivity index (χ2n) is 7.17. The molecule has 2 aromatic rings. The second-order valence-corrected chi connectivity index (χ2v) is 7.17. The Balaban J connectivity index is 1.74. The molecular weight excluding hydrogens is 306 g/mol. The van der Waals surface area contributed by atoms with Crippen molar-refractivity contribution in [1.29, 1.82) is 0 Å². The number of aryl methyl sites for hydroxylation is 1. The molecule has 130 valence electrons. The molecule has 7 nitrogen and oxygen atoms in total. The van der Waals surface area contributed by atoms with Crippen LogP contribution in [0.3, 0.4) is 0 Å². The van der Waals surface area contributed by atoms with Gasteiger partial charge in [0.2, 0.25) is 0 Å². The van der Waals surface area contributed by atoms with Gasteiger partial charge in [-0.3, -0.25) is 0 Å². The molecule has 3 rings (SSSR count). The zero-order valence-corrected chi connectivity index (χ0v) is 14.8. The lowest BCUT2D eigenvalue weighted by molar-refractivity contribution is 0.0263. The summed E-state index contributed by atoms with van der Waals surface area (Å²) in [5, 5.41) is 1.05. The van der Waals surface area contributed by atoms with Crippen molar-refractivity contribution < 1.29 is 9.53 Å². The van der Waals surface area contributed by atoms with E-state index in [0.29, 0.717) is 13.1 Å². The number of hydrogen-bond acceptors (Lipinski definition) is 5. The van der Waals surface area contributed by atoms with E-state index in [1.54, 1.807) is 11.2 Å². The van der Waals surface area contributed by atoms with Crippen LogP contribution in [0, 0.1) is 0 Å². The van der Waals surface area contributed by atoms with Gasteiger partial charge >= 0.3 is 6.09 Å². The zero-order chi connectivity index (χ0) is 17.3. The highest BCUT2D eigenvalue weighted by Gasteiger charge is 2.25. The number of hydrogen-bond donors (Lipinski definition) is 0. The summed E-state index contributed by atoms with van der Waals surface area (Å²) < 4.78 is 7.48. The van der Waals surface area contributed by atoms with Gasteiger partial charge in [0.25, 0.3) is 0 Å². The number of anilines is 1. The van der Waals surface area contributed by atoms with E-state index in [2.05, 4.69) is 14.9 Å². The van der Waals surface area contributed by atoms with Crippen LogP contribution < -0.4 is 4.90 Å². The minimum absolute atomic E-state index is 0.239. The SMILES string of the molecule is Cn1ccc2c(N3CCCN(C(=O)OC(C)(C)C)CC3)ncnc21. The van der Waals surface area contributed by atoms with Gasteiger partial charge in [-0.25, -0.2) is 14.8 Å². The first kappa shape index (κ1) is 16.5. The third kappa shape index (κ3) is 3.44. The Kier molecular flexibility index (Phi) is 4.34. The maximum atomic E-state index is 12.3. The summed E-state index contributed by atoms with van der Waals surface area (Å²) in [5.41, 5.74) is 0.458. The Morgan fingerprint density at radius 1 is 1.17 bits per heavy atom. The number of carbonyl (C=O) groups excluding carboxylic acids is 1. The Bertz CT molecular complexity index is 734. The molecule has 1 aliphatic rings. The molecule has 0 saturated carbocycles. The Labute approximate surface area is 142 Å². The van der Waals surface area contributed by atoms with Gasteiger partial charge in [0.15, 0.2) is 0 Å². The summed E-state index contributed by atoms with van der Waals surface area (Å²) in [7, 11) is 1.98. The van der Waals surface area contributed by atoms with Crippen LogP contribution in [0.15, 0.2) is 18.6 Å². The molecule has 0 radical (unpaired) electrons. The highest BCUT2D eigenvalue weighted by Crippen LogP contribution is 2.24. The second kappa shape index (κ2) is 6.30. The van der Waals surface area contributed by atoms with E-state index in [1.165, 1.54) is 0 Å². The number of nitrogens with zero attached hydrogens (tertiary/aromatic N) is 5. The topological polar surface area (TPSA) is 63.5 Å². The van der Waals surface area contributed by atoms with E-state index in [0.717, 1.165) is 36.4 Å². The van der Waals surface area contributed by atoms with Crippen molar-refractivity contribution in [3.63, 3.8) is 0 Å². The third-order valence-electron chi connectivity index (χ3n) is 4.09. The summed E-state index contributed by atoms with van der Waals surface area (Å²) in [6, 6.07) is 2.04. The van der Waals surface area contributed by atoms with Gasteiger partial charge in [0.05, 0.1) is 5.39 Å². The van der Waals surface area contributed by atoms with Crippen LogP contribution in [-0.2, 0) is 11.8 Å². The number of carbonyl (C=O) groups is 1. The van der Waals surface area contributed by atoms with Crippen molar-refractivity contribution in [1.82, 2.24) is 19.4 Å². The molecule has 0 spiro atoms. The fourth-order valence-electron chi connectivity index (χ4n) is 2.95. The Hall–Kier alpha value is -2.31. The van der Waals surface area contributed by atoms with Gasteiger partial charge in [-0.2, -0.15) is 0 Å². The lowest BCUT2D eigenvalue weighted by Gasteiger charge is -2.26. The highest BCUT2D eigenvalue weighted by molar-refractivity contribution is 5.87. The average molecular weight is 331 g/mol. The van der Waals surface area contributed by atoms with Crippen LogP contribution in [0.1, 0.15) is 27.2 Å². The lowest BCUT2D eigenvalue weighted by atomic mass is 10.2. The van der Waals surface area contributed by atoms with Crippen LogP contribution >= 0.6 is 0 Å². The van der Waals surface area contributed by atoms with E-state index >= 15 is 0 Å². The molecule has 2 aromatic heterocycles.